The van der Waals surface area contributed by atoms with Crippen LogP contribution >= 0.6 is 0 Å². The molecule has 0 aliphatic heterocycles. The van der Waals surface area contributed by atoms with Crippen molar-refractivity contribution in [2.45, 2.75) is 58.2 Å². The fourth-order valence-corrected chi connectivity index (χ4v) is 3.20. The van der Waals surface area contributed by atoms with E-state index in [1.54, 1.807) is 0 Å². The van der Waals surface area contributed by atoms with E-state index in [9.17, 15) is 18.3 Å². The highest BCUT2D eigenvalue weighted by atomic mass is 19.4. The smallest absolute Gasteiger partial charge is 0.391 e. The van der Waals surface area contributed by atoms with Crippen molar-refractivity contribution in [3.8, 4) is 0 Å². The van der Waals surface area contributed by atoms with Gasteiger partial charge in [0.25, 0.3) is 0 Å². The second-order valence-corrected chi connectivity index (χ2v) is 6.28. The second kappa shape index (κ2) is 6.93. The molecule has 1 rings (SSSR count). The SMILES string of the molecule is CC(C)CC(CN)C(O)C1CCCC(C(F)(F)F)C1. The molecule has 4 atom stereocenters. The predicted octanol–water partition coefficient (Wildman–Crippen LogP) is 3.34. The van der Waals surface area contributed by atoms with Crippen molar-refractivity contribution in [2.24, 2.45) is 29.4 Å². The third kappa shape index (κ3) is 4.95. The first-order valence-corrected chi connectivity index (χ1v) is 7.20. The minimum Gasteiger partial charge on any atom is -0.393 e. The topological polar surface area (TPSA) is 46.2 Å². The Labute approximate surface area is 113 Å². The van der Waals surface area contributed by atoms with Crippen LogP contribution in [-0.4, -0.2) is 23.9 Å². The van der Waals surface area contributed by atoms with Crippen molar-refractivity contribution < 1.29 is 18.3 Å². The van der Waals surface area contributed by atoms with Crippen molar-refractivity contribution in [3.63, 3.8) is 0 Å². The summed E-state index contributed by atoms with van der Waals surface area (Å²) in [7, 11) is 0. The first-order chi connectivity index (χ1) is 8.75. The van der Waals surface area contributed by atoms with Gasteiger partial charge in [-0.05, 0) is 50.0 Å². The van der Waals surface area contributed by atoms with E-state index in [0.29, 0.717) is 25.3 Å². The Bertz CT molecular complexity index is 268. The van der Waals surface area contributed by atoms with Crippen LogP contribution in [-0.2, 0) is 0 Å². The zero-order valence-corrected chi connectivity index (χ0v) is 11.8. The minimum atomic E-state index is -4.13. The molecule has 19 heavy (non-hydrogen) atoms. The molecule has 1 aliphatic rings. The molecule has 0 saturated heterocycles. The van der Waals surface area contributed by atoms with Gasteiger partial charge in [0.05, 0.1) is 12.0 Å². The summed E-state index contributed by atoms with van der Waals surface area (Å²) in [5.74, 6) is -1.20. The van der Waals surface area contributed by atoms with E-state index < -0.39 is 18.2 Å². The molecular formula is C14H26F3NO. The number of nitrogens with two attached hydrogens (primary N) is 1. The van der Waals surface area contributed by atoms with Crippen LogP contribution in [0.2, 0.25) is 0 Å². The lowest BCUT2D eigenvalue weighted by molar-refractivity contribution is -0.189. The number of rotatable bonds is 5. The molecule has 4 unspecified atom stereocenters. The van der Waals surface area contributed by atoms with Crippen LogP contribution in [0.25, 0.3) is 0 Å². The van der Waals surface area contributed by atoms with Crippen LogP contribution < -0.4 is 5.73 Å². The highest BCUT2D eigenvalue weighted by molar-refractivity contribution is 4.85. The maximum atomic E-state index is 12.8. The number of hydrogen-bond acceptors (Lipinski definition) is 2. The third-order valence-electron chi connectivity index (χ3n) is 4.22. The molecule has 0 aromatic carbocycles. The van der Waals surface area contributed by atoms with Gasteiger partial charge in [-0.3, -0.25) is 0 Å². The van der Waals surface area contributed by atoms with Crippen LogP contribution in [0.4, 0.5) is 13.2 Å². The zero-order chi connectivity index (χ0) is 14.6. The van der Waals surface area contributed by atoms with E-state index in [-0.39, 0.29) is 24.7 Å². The van der Waals surface area contributed by atoms with Gasteiger partial charge in [0.1, 0.15) is 0 Å². The monoisotopic (exact) mass is 281 g/mol. The lowest BCUT2D eigenvalue weighted by Gasteiger charge is -2.36. The summed E-state index contributed by atoms with van der Waals surface area (Å²) < 4.78 is 38.3. The maximum absolute atomic E-state index is 12.8. The van der Waals surface area contributed by atoms with Crippen LogP contribution in [0, 0.1) is 23.7 Å². The molecule has 3 N–H and O–H groups in total. The molecule has 1 fully saturated rings. The largest absolute Gasteiger partial charge is 0.393 e. The van der Waals surface area contributed by atoms with Crippen molar-refractivity contribution in [2.75, 3.05) is 6.54 Å². The lowest BCUT2D eigenvalue weighted by atomic mass is 9.74. The average Bonchev–Trinajstić information content (AvgIpc) is 2.34. The molecule has 0 radical (unpaired) electrons. The van der Waals surface area contributed by atoms with Crippen LogP contribution in [0.15, 0.2) is 0 Å². The van der Waals surface area contributed by atoms with Gasteiger partial charge in [0.2, 0.25) is 0 Å². The molecule has 5 heteroatoms. The third-order valence-corrected chi connectivity index (χ3v) is 4.22. The van der Waals surface area contributed by atoms with Crippen molar-refractivity contribution in [1.82, 2.24) is 0 Å². The summed E-state index contributed by atoms with van der Waals surface area (Å²) in [6, 6.07) is 0. The maximum Gasteiger partial charge on any atom is 0.391 e. The van der Waals surface area contributed by atoms with Gasteiger partial charge < -0.3 is 10.8 Å². The number of alkyl halides is 3. The Kier molecular flexibility index (Phi) is 6.12. The van der Waals surface area contributed by atoms with E-state index in [4.69, 9.17) is 5.73 Å². The first-order valence-electron chi connectivity index (χ1n) is 7.20. The molecule has 0 bridgehead atoms. The Morgan fingerprint density at radius 3 is 2.37 bits per heavy atom. The Morgan fingerprint density at radius 2 is 1.89 bits per heavy atom. The Hall–Kier alpha value is -0.290. The number of aliphatic hydroxyl groups excluding tert-OH is 1. The average molecular weight is 281 g/mol. The van der Waals surface area contributed by atoms with Gasteiger partial charge in [-0.25, -0.2) is 0 Å². The lowest BCUT2D eigenvalue weighted by Crippen LogP contribution is -2.39. The minimum absolute atomic E-state index is 0.0548. The van der Waals surface area contributed by atoms with E-state index in [1.807, 2.05) is 13.8 Å². The van der Waals surface area contributed by atoms with Crippen LogP contribution in [0.3, 0.4) is 0 Å². The van der Waals surface area contributed by atoms with E-state index in [2.05, 4.69) is 0 Å². The molecular weight excluding hydrogens is 255 g/mol. The molecule has 0 aromatic heterocycles. The van der Waals surface area contributed by atoms with Crippen molar-refractivity contribution in [1.29, 1.82) is 0 Å². The standard InChI is InChI=1S/C14H26F3NO/c1-9(2)6-11(8-18)13(19)10-4-3-5-12(7-10)14(15,16)17/h9-13,19H,3-8,18H2,1-2H3. The van der Waals surface area contributed by atoms with Crippen molar-refractivity contribution in [3.05, 3.63) is 0 Å². The van der Waals surface area contributed by atoms with Crippen LogP contribution in [0.1, 0.15) is 46.0 Å². The predicted molar refractivity (Wildman–Crippen MR) is 69.5 cm³/mol. The number of aliphatic hydroxyl groups is 1. The van der Waals surface area contributed by atoms with Gasteiger partial charge in [-0.2, -0.15) is 13.2 Å². The van der Waals surface area contributed by atoms with E-state index >= 15 is 0 Å². The van der Waals surface area contributed by atoms with Gasteiger partial charge in [-0.15, -0.1) is 0 Å². The molecule has 0 spiro atoms. The molecule has 0 aromatic rings. The molecule has 0 amide bonds. The van der Waals surface area contributed by atoms with Crippen molar-refractivity contribution >= 4 is 0 Å². The molecule has 2 nitrogen and oxygen atoms in total. The van der Waals surface area contributed by atoms with Gasteiger partial charge in [0, 0.05) is 0 Å². The van der Waals surface area contributed by atoms with Gasteiger partial charge in [-0.1, -0.05) is 20.3 Å². The first kappa shape index (κ1) is 16.8. The summed E-state index contributed by atoms with van der Waals surface area (Å²) in [4.78, 5) is 0. The highest BCUT2D eigenvalue weighted by Crippen LogP contribution is 2.42. The van der Waals surface area contributed by atoms with E-state index in [1.165, 1.54) is 0 Å². The summed E-state index contributed by atoms with van der Waals surface area (Å²) in [6.45, 7) is 4.41. The van der Waals surface area contributed by atoms with Crippen LogP contribution in [0.5, 0.6) is 0 Å². The highest BCUT2D eigenvalue weighted by Gasteiger charge is 2.44. The summed E-state index contributed by atoms with van der Waals surface area (Å²) in [5, 5.41) is 10.3. The van der Waals surface area contributed by atoms with E-state index in [0.717, 1.165) is 6.42 Å². The fourth-order valence-electron chi connectivity index (χ4n) is 3.20. The Morgan fingerprint density at radius 1 is 1.26 bits per heavy atom. The van der Waals surface area contributed by atoms with Gasteiger partial charge in [0.15, 0.2) is 0 Å². The molecule has 1 saturated carbocycles. The molecule has 114 valence electrons. The second-order valence-electron chi connectivity index (χ2n) is 6.28. The molecule has 1 aliphatic carbocycles. The summed E-state index contributed by atoms with van der Waals surface area (Å²) in [6.07, 6.45) is -2.58. The fraction of sp³-hybridized carbons (Fsp3) is 1.00. The summed E-state index contributed by atoms with van der Waals surface area (Å²) >= 11 is 0. The number of hydrogen-bond donors (Lipinski definition) is 2. The van der Waals surface area contributed by atoms with Gasteiger partial charge >= 0.3 is 6.18 Å². The summed E-state index contributed by atoms with van der Waals surface area (Å²) in [5.41, 5.74) is 5.67. The number of halogens is 3. The normalized spacial score (nSPS) is 28.4. The zero-order valence-electron chi connectivity index (χ0n) is 11.8. The quantitative estimate of drug-likeness (QED) is 0.812. The Balaban J connectivity index is 2.62. The molecule has 0 heterocycles.